The van der Waals surface area contributed by atoms with Gasteiger partial charge in [0, 0.05) is 18.7 Å². The van der Waals surface area contributed by atoms with Crippen LogP contribution < -0.4 is 5.73 Å². The van der Waals surface area contributed by atoms with Crippen molar-refractivity contribution in [3.05, 3.63) is 17.7 Å². The number of primary amides is 1. The van der Waals surface area contributed by atoms with E-state index in [1.54, 1.807) is 0 Å². The number of amides is 1. The van der Waals surface area contributed by atoms with Crippen molar-refractivity contribution in [2.45, 2.75) is 38.6 Å². The molecule has 0 aliphatic heterocycles. The van der Waals surface area contributed by atoms with Gasteiger partial charge in [0.2, 0.25) is 5.91 Å². The van der Waals surface area contributed by atoms with Gasteiger partial charge in [0.1, 0.15) is 0 Å². The zero-order valence-electron chi connectivity index (χ0n) is 8.20. The molecule has 76 valence electrons. The second kappa shape index (κ2) is 3.82. The Kier molecular flexibility index (Phi) is 2.52. The zero-order chi connectivity index (χ0) is 9.97. The summed E-state index contributed by atoms with van der Waals surface area (Å²) in [7, 11) is 0. The number of carbonyl (C=O) groups excluding carboxylic acids is 1. The number of nitrogens with zero attached hydrogens (tertiary/aromatic N) is 2. The average molecular weight is 193 g/mol. The van der Waals surface area contributed by atoms with Crippen LogP contribution in [0, 0.1) is 0 Å². The molecule has 1 aliphatic carbocycles. The number of imidazole rings is 1. The minimum Gasteiger partial charge on any atom is -0.370 e. The number of aryl methyl sites for hydroxylation is 2. The molecular weight excluding hydrogens is 178 g/mol. The van der Waals surface area contributed by atoms with Crippen LogP contribution in [0.2, 0.25) is 0 Å². The monoisotopic (exact) mass is 193 g/mol. The summed E-state index contributed by atoms with van der Waals surface area (Å²) in [5.41, 5.74) is 7.62. The molecule has 0 unspecified atom stereocenters. The normalized spacial score (nSPS) is 15.1. The molecule has 0 spiro atoms. The third-order valence-electron chi connectivity index (χ3n) is 2.71. The van der Waals surface area contributed by atoms with Crippen LogP contribution in [0.1, 0.15) is 30.7 Å². The first kappa shape index (κ1) is 9.24. The van der Waals surface area contributed by atoms with Gasteiger partial charge < -0.3 is 10.3 Å². The Morgan fingerprint density at radius 3 is 3.07 bits per heavy atom. The number of rotatable bonds is 3. The summed E-state index contributed by atoms with van der Waals surface area (Å²) in [5.74, 6) is -0.247. The predicted molar refractivity (Wildman–Crippen MR) is 52.7 cm³/mol. The van der Waals surface area contributed by atoms with Crippen molar-refractivity contribution in [1.29, 1.82) is 0 Å². The van der Waals surface area contributed by atoms with Gasteiger partial charge in [0.05, 0.1) is 12.0 Å². The van der Waals surface area contributed by atoms with Crippen molar-refractivity contribution in [2.75, 3.05) is 0 Å². The molecule has 2 rings (SSSR count). The van der Waals surface area contributed by atoms with Crippen molar-refractivity contribution in [2.24, 2.45) is 5.73 Å². The van der Waals surface area contributed by atoms with Crippen LogP contribution in [0.15, 0.2) is 6.33 Å². The third-order valence-corrected chi connectivity index (χ3v) is 2.71. The second-order valence-electron chi connectivity index (χ2n) is 3.75. The van der Waals surface area contributed by atoms with Gasteiger partial charge in [0.25, 0.3) is 0 Å². The molecule has 0 bridgehead atoms. The van der Waals surface area contributed by atoms with Crippen molar-refractivity contribution < 1.29 is 4.79 Å². The van der Waals surface area contributed by atoms with E-state index in [1.807, 2.05) is 6.33 Å². The van der Waals surface area contributed by atoms with E-state index in [1.165, 1.54) is 24.2 Å². The summed E-state index contributed by atoms with van der Waals surface area (Å²) < 4.78 is 2.07. The average Bonchev–Trinajstić information content (AvgIpc) is 2.58. The van der Waals surface area contributed by atoms with Gasteiger partial charge in [-0.1, -0.05) is 0 Å². The molecule has 1 aliphatic rings. The number of aromatic nitrogens is 2. The van der Waals surface area contributed by atoms with Crippen molar-refractivity contribution in [3.63, 3.8) is 0 Å². The van der Waals surface area contributed by atoms with Crippen LogP contribution >= 0.6 is 0 Å². The molecule has 0 saturated heterocycles. The number of carbonyl (C=O) groups is 1. The van der Waals surface area contributed by atoms with Crippen molar-refractivity contribution in [1.82, 2.24) is 9.55 Å². The molecule has 4 heteroatoms. The first-order valence-corrected chi connectivity index (χ1v) is 5.08. The Morgan fingerprint density at radius 1 is 1.50 bits per heavy atom. The molecule has 14 heavy (non-hydrogen) atoms. The highest BCUT2D eigenvalue weighted by atomic mass is 16.1. The van der Waals surface area contributed by atoms with Gasteiger partial charge in [-0.2, -0.15) is 0 Å². The maximum Gasteiger partial charge on any atom is 0.219 e. The lowest BCUT2D eigenvalue weighted by atomic mass is 10.0. The van der Waals surface area contributed by atoms with Crippen molar-refractivity contribution in [3.8, 4) is 0 Å². The minimum absolute atomic E-state index is 0.247. The molecule has 1 aromatic rings. The predicted octanol–water partition coefficient (Wildman–Crippen LogP) is 0.637. The molecule has 0 saturated carbocycles. The maximum absolute atomic E-state index is 10.7. The minimum atomic E-state index is -0.247. The summed E-state index contributed by atoms with van der Waals surface area (Å²) >= 11 is 0. The SMILES string of the molecule is NC(=O)CCn1cnc2c1CCCC2. The van der Waals surface area contributed by atoms with Crippen molar-refractivity contribution >= 4 is 5.91 Å². The Morgan fingerprint density at radius 2 is 2.29 bits per heavy atom. The molecule has 1 aromatic heterocycles. The highest BCUT2D eigenvalue weighted by Gasteiger charge is 2.14. The molecule has 0 aromatic carbocycles. The standard InChI is InChI=1S/C10H15N3O/c11-10(14)5-6-13-7-12-8-3-1-2-4-9(8)13/h7H,1-6H2,(H2,11,14). The summed E-state index contributed by atoms with van der Waals surface area (Å²) in [5, 5.41) is 0. The van der Waals surface area contributed by atoms with Gasteiger partial charge in [-0.3, -0.25) is 4.79 Å². The number of hydrogen-bond acceptors (Lipinski definition) is 2. The van der Waals surface area contributed by atoms with E-state index in [4.69, 9.17) is 5.73 Å². The maximum atomic E-state index is 10.7. The van der Waals surface area contributed by atoms with Crippen LogP contribution in [-0.4, -0.2) is 15.5 Å². The topological polar surface area (TPSA) is 60.9 Å². The molecule has 0 fully saturated rings. The molecule has 2 N–H and O–H groups in total. The molecule has 0 radical (unpaired) electrons. The highest BCUT2D eigenvalue weighted by molar-refractivity contribution is 5.73. The zero-order valence-corrected chi connectivity index (χ0v) is 8.20. The Hall–Kier alpha value is -1.32. The Bertz CT molecular complexity index is 343. The summed E-state index contributed by atoms with van der Waals surface area (Å²) in [6, 6.07) is 0. The van der Waals surface area contributed by atoms with Crippen LogP contribution in [0.5, 0.6) is 0 Å². The van der Waals surface area contributed by atoms with Crippen LogP contribution in [-0.2, 0) is 24.2 Å². The Labute approximate surface area is 83.1 Å². The second-order valence-corrected chi connectivity index (χ2v) is 3.75. The summed E-state index contributed by atoms with van der Waals surface area (Å²) in [4.78, 5) is 15.0. The lowest BCUT2D eigenvalue weighted by Gasteiger charge is -2.13. The highest BCUT2D eigenvalue weighted by Crippen LogP contribution is 2.19. The largest absolute Gasteiger partial charge is 0.370 e. The van der Waals surface area contributed by atoms with E-state index in [2.05, 4.69) is 9.55 Å². The van der Waals surface area contributed by atoms with E-state index < -0.39 is 0 Å². The van der Waals surface area contributed by atoms with Gasteiger partial charge in [-0.25, -0.2) is 4.98 Å². The van der Waals surface area contributed by atoms with E-state index in [9.17, 15) is 4.79 Å². The van der Waals surface area contributed by atoms with Crippen LogP contribution in [0.3, 0.4) is 0 Å². The van der Waals surface area contributed by atoms with E-state index in [-0.39, 0.29) is 5.91 Å². The van der Waals surface area contributed by atoms with Gasteiger partial charge in [0.15, 0.2) is 0 Å². The Balaban J connectivity index is 2.10. The quantitative estimate of drug-likeness (QED) is 0.765. The fourth-order valence-corrected chi connectivity index (χ4v) is 1.95. The molecule has 0 atom stereocenters. The van der Waals surface area contributed by atoms with Crippen LogP contribution in [0.4, 0.5) is 0 Å². The van der Waals surface area contributed by atoms with Gasteiger partial charge in [-0.05, 0) is 25.7 Å². The fourth-order valence-electron chi connectivity index (χ4n) is 1.95. The summed E-state index contributed by atoms with van der Waals surface area (Å²) in [6.07, 6.45) is 6.88. The first-order chi connectivity index (χ1) is 6.77. The lowest BCUT2D eigenvalue weighted by molar-refractivity contribution is -0.118. The molecule has 1 heterocycles. The summed E-state index contributed by atoms with van der Waals surface area (Å²) in [6.45, 7) is 0.678. The van der Waals surface area contributed by atoms with Gasteiger partial charge in [-0.15, -0.1) is 0 Å². The number of nitrogens with two attached hydrogens (primary N) is 1. The molecule has 1 amide bonds. The lowest BCUT2D eigenvalue weighted by Crippen LogP contribution is -2.15. The number of hydrogen-bond donors (Lipinski definition) is 1. The number of fused-ring (bicyclic) bond motifs is 1. The van der Waals surface area contributed by atoms with E-state index in [0.717, 1.165) is 12.8 Å². The van der Waals surface area contributed by atoms with E-state index in [0.29, 0.717) is 13.0 Å². The van der Waals surface area contributed by atoms with Crippen LogP contribution in [0.25, 0.3) is 0 Å². The fraction of sp³-hybridized carbons (Fsp3) is 0.600. The molecule has 4 nitrogen and oxygen atoms in total. The van der Waals surface area contributed by atoms with E-state index >= 15 is 0 Å². The molecular formula is C10H15N3O. The first-order valence-electron chi connectivity index (χ1n) is 5.08. The van der Waals surface area contributed by atoms with Gasteiger partial charge >= 0.3 is 0 Å². The smallest absolute Gasteiger partial charge is 0.219 e. The third kappa shape index (κ3) is 1.78.